The molecule has 4 rings (SSSR count). The maximum Gasteiger partial charge on any atom is 0.267 e. The molecule has 3 aromatic rings. The smallest absolute Gasteiger partial charge is 0.267 e. The average molecular weight is 441 g/mol. The Morgan fingerprint density at radius 2 is 2.17 bits per heavy atom. The van der Waals surface area contributed by atoms with Crippen molar-refractivity contribution in [2.24, 2.45) is 0 Å². The molecule has 7 nitrogen and oxygen atoms in total. The van der Waals surface area contributed by atoms with Gasteiger partial charge in [0.15, 0.2) is 5.16 Å². The van der Waals surface area contributed by atoms with Gasteiger partial charge in [-0.25, -0.2) is 4.98 Å². The maximum atomic E-state index is 13.7. The molecule has 1 N–H and O–H groups in total. The van der Waals surface area contributed by atoms with Gasteiger partial charge in [-0.1, -0.05) is 23.9 Å². The number of benzene rings is 1. The van der Waals surface area contributed by atoms with Crippen molar-refractivity contribution in [2.45, 2.75) is 30.8 Å². The highest BCUT2D eigenvalue weighted by Crippen LogP contribution is 2.36. The minimum Gasteiger partial charge on any atom is -0.495 e. The van der Waals surface area contributed by atoms with E-state index < -0.39 is 0 Å². The first-order chi connectivity index (χ1) is 14.6. The first-order valence-electron chi connectivity index (χ1n) is 9.61. The van der Waals surface area contributed by atoms with Gasteiger partial charge in [0.25, 0.3) is 5.56 Å². The van der Waals surface area contributed by atoms with Crippen molar-refractivity contribution in [3.05, 3.63) is 45.1 Å². The van der Waals surface area contributed by atoms with Crippen LogP contribution in [0.5, 0.6) is 5.75 Å². The van der Waals surface area contributed by atoms with Gasteiger partial charge in [-0.15, -0.1) is 11.3 Å². The summed E-state index contributed by atoms with van der Waals surface area (Å²) in [5, 5.41) is 12.3. The van der Waals surface area contributed by atoms with Gasteiger partial charge in [0.2, 0.25) is 5.91 Å². The number of thiophene rings is 1. The van der Waals surface area contributed by atoms with E-state index in [1.807, 2.05) is 24.3 Å². The molecule has 0 saturated heterocycles. The number of nitrogens with zero attached hydrogens (tertiary/aromatic N) is 3. The number of aromatic nitrogens is 2. The van der Waals surface area contributed by atoms with Crippen molar-refractivity contribution in [1.29, 1.82) is 5.26 Å². The lowest BCUT2D eigenvalue weighted by Crippen LogP contribution is -2.27. The molecule has 1 aliphatic carbocycles. The molecule has 154 valence electrons. The number of carbonyl (C=O) groups excluding carboxylic acids is 1. The summed E-state index contributed by atoms with van der Waals surface area (Å²) in [6, 6.07) is 9.17. The zero-order valence-corrected chi connectivity index (χ0v) is 18.1. The van der Waals surface area contributed by atoms with Crippen molar-refractivity contribution in [3.8, 4) is 17.5 Å². The maximum absolute atomic E-state index is 13.7. The average Bonchev–Trinajstić information content (AvgIpc) is 3.15. The molecule has 0 bridgehead atoms. The standard InChI is InChI=1S/C21H20N4O3S2/c1-28-15-8-4-3-7-14(15)25-20(27)18-13-6-2-5-9-16(13)30-19(18)24-21(25)29-12-17(26)23-11-10-22/h3-4,7-8H,2,5-6,9,11-12H2,1H3,(H,23,26). The topological polar surface area (TPSA) is 97.0 Å². The Bertz CT molecular complexity index is 1210. The van der Waals surface area contributed by atoms with Gasteiger partial charge in [-0.2, -0.15) is 5.26 Å². The molecule has 1 aliphatic rings. The van der Waals surface area contributed by atoms with Crippen molar-refractivity contribution in [1.82, 2.24) is 14.9 Å². The number of fused-ring (bicyclic) bond motifs is 3. The van der Waals surface area contributed by atoms with Crippen LogP contribution in [0.1, 0.15) is 23.3 Å². The zero-order chi connectivity index (χ0) is 21.1. The van der Waals surface area contributed by atoms with Crippen LogP contribution in [0, 0.1) is 11.3 Å². The van der Waals surface area contributed by atoms with Gasteiger partial charge < -0.3 is 10.1 Å². The van der Waals surface area contributed by atoms with Crippen molar-refractivity contribution >= 4 is 39.2 Å². The summed E-state index contributed by atoms with van der Waals surface area (Å²) in [5.41, 5.74) is 1.57. The quantitative estimate of drug-likeness (QED) is 0.359. The molecule has 0 fully saturated rings. The first kappa shape index (κ1) is 20.4. The second-order valence-electron chi connectivity index (χ2n) is 6.82. The minimum absolute atomic E-state index is 0.0528. The number of rotatable bonds is 6. The monoisotopic (exact) mass is 440 g/mol. The molecule has 2 heterocycles. The van der Waals surface area contributed by atoms with Gasteiger partial charge in [0.05, 0.1) is 30.0 Å². The Balaban J connectivity index is 1.87. The first-order valence-corrected chi connectivity index (χ1v) is 11.4. The Hall–Kier alpha value is -2.83. The molecule has 1 amide bonds. The fraction of sp³-hybridized carbons (Fsp3) is 0.333. The molecule has 1 aromatic carbocycles. The minimum atomic E-state index is -0.284. The normalized spacial score (nSPS) is 12.9. The fourth-order valence-electron chi connectivity index (χ4n) is 3.63. The number of nitriles is 1. The highest BCUT2D eigenvalue weighted by Gasteiger charge is 2.24. The number of aryl methyl sites for hydroxylation is 2. The molecule has 0 atom stereocenters. The van der Waals surface area contributed by atoms with E-state index in [1.165, 1.54) is 16.6 Å². The zero-order valence-electron chi connectivity index (χ0n) is 16.4. The number of nitrogens with one attached hydrogen (secondary N) is 1. The van der Waals surface area contributed by atoms with Crippen LogP contribution in [0.4, 0.5) is 0 Å². The third-order valence-electron chi connectivity index (χ3n) is 4.98. The van der Waals surface area contributed by atoms with Crippen LogP contribution in [0.2, 0.25) is 0 Å². The van der Waals surface area contributed by atoms with Crippen molar-refractivity contribution in [2.75, 3.05) is 19.4 Å². The third kappa shape index (κ3) is 3.80. The van der Waals surface area contributed by atoms with E-state index in [4.69, 9.17) is 15.0 Å². The number of thioether (sulfide) groups is 1. The molecule has 0 radical (unpaired) electrons. The predicted molar refractivity (Wildman–Crippen MR) is 118 cm³/mol. The van der Waals surface area contributed by atoms with Gasteiger partial charge >= 0.3 is 0 Å². The predicted octanol–water partition coefficient (Wildman–Crippen LogP) is 3.07. The second-order valence-corrected chi connectivity index (χ2v) is 8.85. The van der Waals surface area contributed by atoms with E-state index in [0.29, 0.717) is 22.0 Å². The lowest BCUT2D eigenvalue weighted by atomic mass is 9.97. The highest BCUT2D eigenvalue weighted by molar-refractivity contribution is 7.99. The summed E-state index contributed by atoms with van der Waals surface area (Å²) in [5.74, 6) is 0.327. The van der Waals surface area contributed by atoms with Crippen LogP contribution in [-0.4, -0.2) is 34.9 Å². The van der Waals surface area contributed by atoms with Crippen LogP contribution in [0.25, 0.3) is 15.9 Å². The Labute approximate surface area is 181 Å². The Morgan fingerprint density at radius 3 is 2.97 bits per heavy atom. The van der Waals surface area contributed by atoms with Gasteiger partial charge in [-0.3, -0.25) is 14.2 Å². The number of hydrogen-bond donors (Lipinski definition) is 1. The summed E-state index contributed by atoms with van der Waals surface area (Å²) in [4.78, 5) is 32.5. The van der Waals surface area contributed by atoms with Gasteiger partial charge in [0, 0.05) is 4.88 Å². The third-order valence-corrected chi connectivity index (χ3v) is 7.11. The molecule has 0 saturated carbocycles. The second kappa shape index (κ2) is 8.90. The molecule has 9 heteroatoms. The summed E-state index contributed by atoms with van der Waals surface area (Å²) < 4.78 is 7.03. The number of carbonyl (C=O) groups is 1. The molecule has 30 heavy (non-hydrogen) atoms. The summed E-state index contributed by atoms with van der Waals surface area (Å²) in [6.45, 7) is -0.0528. The van der Waals surface area contributed by atoms with Crippen molar-refractivity contribution in [3.63, 3.8) is 0 Å². The van der Waals surface area contributed by atoms with E-state index >= 15 is 0 Å². The van der Waals surface area contributed by atoms with Crippen LogP contribution in [0.15, 0.2) is 34.2 Å². The lowest BCUT2D eigenvalue weighted by molar-refractivity contribution is -0.118. The van der Waals surface area contributed by atoms with Crippen LogP contribution < -0.4 is 15.6 Å². The van der Waals surface area contributed by atoms with E-state index in [0.717, 1.165) is 36.1 Å². The Kier molecular flexibility index (Phi) is 6.06. The molecular weight excluding hydrogens is 420 g/mol. The number of amides is 1. The lowest BCUT2D eigenvalue weighted by Gasteiger charge is -2.15. The number of methoxy groups -OCH3 is 1. The molecule has 0 aliphatic heterocycles. The number of para-hydroxylation sites is 2. The fourth-order valence-corrected chi connectivity index (χ4v) is 5.77. The van der Waals surface area contributed by atoms with Crippen molar-refractivity contribution < 1.29 is 9.53 Å². The largest absolute Gasteiger partial charge is 0.495 e. The summed E-state index contributed by atoms with van der Waals surface area (Å²) in [6.07, 6.45) is 4.06. The molecule has 0 spiro atoms. The van der Waals surface area contributed by atoms with E-state index in [-0.39, 0.29) is 23.8 Å². The van der Waals surface area contributed by atoms with E-state index in [2.05, 4.69) is 5.32 Å². The van der Waals surface area contributed by atoms with Crippen LogP contribution in [-0.2, 0) is 17.6 Å². The van der Waals surface area contributed by atoms with Crippen LogP contribution in [0.3, 0.4) is 0 Å². The molecule has 2 aromatic heterocycles. The van der Waals surface area contributed by atoms with Gasteiger partial charge in [-0.05, 0) is 43.4 Å². The van der Waals surface area contributed by atoms with Crippen LogP contribution >= 0.6 is 23.1 Å². The SMILES string of the molecule is COc1ccccc1-n1c(SCC(=O)NCC#N)nc2sc3c(c2c1=O)CCCC3. The highest BCUT2D eigenvalue weighted by atomic mass is 32.2. The summed E-state index contributed by atoms with van der Waals surface area (Å²) in [7, 11) is 1.56. The number of hydrogen-bond acceptors (Lipinski definition) is 7. The Morgan fingerprint density at radius 1 is 1.37 bits per heavy atom. The molecule has 0 unspecified atom stereocenters. The van der Waals surface area contributed by atoms with E-state index in [1.54, 1.807) is 29.1 Å². The molecular formula is C21H20N4O3S2. The number of ether oxygens (including phenoxy) is 1. The van der Waals surface area contributed by atoms with E-state index in [9.17, 15) is 9.59 Å². The van der Waals surface area contributed by atoms with Gasteiger partial charge in [0.1, 0.15) is 17.1 Å². The summed E-state index contributed by atoms with van der Waals surface area (Å²) >= 11 is 2.75.